The van der Waals surface area contributed by atoms with Crippen LogP contribution in [0, 0.1) is 11.8 Å². The van der Waals surface area contributed by atoms with Gasteiger partial charge in [0, 0.05) is 6.42 Å². The van der Waals surface area contributed by atoms with Gasteiger partial charge < -0.3 is 52.6 Å². The first-order valence-corrected chi connectivity index (χ1v) is 15.4. The Morgan fingerprint density at radius 2 is 1.19 bits per heavy atom. The third kappa shape index (κ3) is 15.5. The van der Waals surface area contributed by atoms with E-state index in [2.05, 4.69) is 31.9 Å². The Hall–Kier alpha value is -4.57. The topological polar surface area (TPSA) is 258 Å². The van der Waals surface area contributed by atoms with Crippen LogP contribution < -0.4 is 37.6 Å². The second-order valence-corrected chi connectivity index (χ2v) is 12.0. The Kier molecular flexibility index (Phi) is 17.7. The molecular formula is C31H49N7O9. The van der Waals surface area contributed by atoms with Crippen molar-refractivity contribution in [3.05, 3.63) is 29.8 Å². The van der Waals surface area contributed by atoms with E-state index >= 15 is 0 Å². The molecule has 0 fully saturated rings. The Morgan fingerprint density at radius 1 is 0.702 bits per heavy atom. The van der Waals surface area contributed by atoms with Gasteiger partial charge >= 0.3 is 0 Å². The fourth-order valence-electron chi connectivity index (χ4n) is 4.37. The summed E-state index contributed by atoms with van der Waals surface area (Å²) in [5.74, 6) is -4.30. The lowest BCUT2D eigenvalue weighted by Crippen LogP contribution is -2.58. The zero-order valence-corrected chi connectivity index (χ0v) is 27.5. The molecule has 47 heavy (non-hydrogen) atoms. The molecule has 0 saturated carbocycles. The molecule has 1 rings (SSSR count). The number of rotatable bonds is 20. The Bertz CT molecular complexity index is 1220. The van der Waals surface area contributed by atoms with Crippen molar-refractivity contribution in [1.82, 2.24) is 31.9 Å². The number of phenols is 1. The summed E-state index contributed by atoms with van der Waals surface area (Å²) in [6, 6.07) is 0.555. The van der Waals surface area contributed by atoms with Gasteiger partial charge in [-0.15, -0.1) is 0 Å². The van der Waals surface area contributed by atoms with Crippen LogP contribution in [0.3, 0.4) is 0 Å². The zero-order chi connectivity index (χ0) is 35.7. The first kappa shape index (κ1) is 40.5. The van der Waals surface area contributed by atoms with Gasteiger partial charge in [-0.2, -0.15) is 0 Å². The van der Waals surface area contributed by atoms with E-state index in [1.54, 1.807) is 12.1 Å². The molecule has 5 atom stereocenters. The molecule has 0 bridgehead atoms. The van der Waals surface area contributed by atoms with Crippen LogP contribution in [0.1, 0.15) is 53.0 Å². The molecule has 0 aromatic heterocycles. The average Bonchev–Trinajstić information content (AvgIpc) is 3.01. The average molecular weight is 664 g/mol. The minimum Gasteiger partial charge on any atom is -0.508 e. The van der Waals surface area contributed by atoms with Gasteiger partial charge in [0.1, 0.15) is 36.2 Å². The van der Waals surface area contributed by atoms with E-state index in [4.69, 9.17) is 5.73 Å². The maximum atomic E-state index is 13.5. The number of aliphatic hydroxyl groups excluding tert-OH is 1. The van der Waals surface area contributed by atoms with Crippen LogP contribution in [-0.2, 0) is 40.0 Å². The Morgan fingerprint density at radius 3 is 1.68 bits per heavy atom. The third-order valence-electron chi connectivity index (χ3n) is 6.72. The number of amides is 6. The summed E-state index contributed by atoms with van der Waals surface area (Å²) in [6.07, 6.45) is 0.899. The molecule has 0 radical (unpaired) electrons. The number of nitrogens with two attached hydrogens (primary N) is 1. The minimum atomic E-state index is -1.36. The molecule has 0 spiro atoms. The van der Waals surface area contributed by atoms with Crippen molar-refractivity contribution in [2.75, 3.05) is 19.7 Å². The summed E-state index contributed by atoms with van der Waals surface area (Å²) in [4.78, 5) is 87.5. The maximum absolute atomic E-state index is 13.5. The van der Waals surface area contributed by atoms with Crippen molar-refractivity contribution in [3.63, 3.8) is 0 Å². The number of nitrogens with one attached hydrogen (secondary N) is 6. The summed E-state index contributed by atoms with van der Waals surface area (Å²) in [6.45, 7) is 7.04. The highest BCUT2D eigenvalue weighted by atomic mass is 16.3. The van der Waals surface area contributed by atoms with Gasteiger partial charge in [0.2, 0.25) is 35.4 Å². The van der Waals surface area contributed by atoms with Gasteiger partial charge in [-0.3, -0.25) is 28.8 Å². The second kappa shape index (κ2) is 20.5. The van der Waals surface area contributed by atoms with Gasteiger partial charge in [0.15, 0.2) is 0 Å². The SMILES string of the molecule is CC(C)C[C@H](NC(=O)[C@H](CC(C)C)NC(=O)[C@H](Cc1ccc(O)cc1)NC(=O)CN)C(=O)NCC(=O)N[C@@H](CO)C(=O)N[C@@H](C)C=O. The predicted octanol–water partition coefficient (Wildman–Crippen LogP) is -2.26. The third-order valence-corrected chi connectivity index (χ3v) is 6.72. The fraction of sp³-hybridized carbons (Fsp3) is 0.581. The van der Waals surface area contributed by atoms with Crippen LogP contribution in [0.5, 0.6) is 5.75 Å². The van der Waals surface area contributed by atoms with E-state index in [9.17, 15) is 43.8 Å². The molecule has 6 amide bonds. The van der Waals surface area contributed by atoms with Gasteiger partial charge in [-0.1, -0.05) is 39.8 Å². The molecular weight excluding hydrogens is 614 g/mol. The van der Waals surface area contributed by atoms with Crippen LogP contribution in [-0.4, -0.2) is 102 Å². The Balaban J connectivity index is 3.03. The lowest BCUT2D eigenvalue weighted by atomic mass is 9.99. The molecule has 0 aliphatic heterocycles. The molecule has 1 aromatic carbocycles. The molecule has 0 unspecified atom stereocenters. The van der Waals surface area contributed by atoms with Crippen LogP contribution in [0.4, 0.5) is 0 Å². The molecule has 262 valence electrons. The molecule has 0 saturated heterocycles. The van der Waals surface area contributed by atoms with Crippen LogP contribution in [0.2, 0.25) is 0 Å². The molecule has 16 heteroatoms. The molecule has 10 N–H and O–H groups in total. The molecule has 0 heterocycles. The second-order valence-electron chi connectivity index (χ2n) is 12.0. The zero-order valence-electron chi connectivity index (χ0n) is 27.5. The van der Waals surface area contributed by atoms with E-state index < -0.39 is 78.8 Å². The van der Waals surface area contributed by atoms with Gasteiger partial charge in [0.25, 0.3) is 0 Å². The van der Waals surface area contributed by atoms with E-state index in [0.717, 1.165) is 0 Å². The first-order chi connectivity index (χ1) is 22.1. The lowest BCUT2D eigenvalue weighted by Gasteiger charge is -2.27. The highest BCUT2D eigenvalue weighted by Gasteiger charge is 2.31. The minimum absolute atomic E-state index is 0.0255. The number of carbonyl (C=O) groups excluding carboxylic acids is 7. The van der Waals surface area contributed by atoms with Crippen molar-refractivity contribution >= 4 is 41.7 Å². The highest BCUT2D eigenvalue weighted by molar-refractivity contribution is 5.96. The maximum Gasteiger partial charge on any atom is 0.245 e. The van der Waals surface area contributed by atoms with E-state index in [1.807, 2.05) is 27.7 Å². The largest absolute Gasteiger partial charge is 0.508 e. The Labute approximate surface area is 274 Å². The van der Waals surface area contributed by atoms with E-state index in [1.165, 1.54) is 19.1 Å². The number of phenolic OH excluding ortho intramolecular Hbond substituents is 1. The van der Waals surface area contributed by atoms with Crippen molar-refractivity contribution in [1.29, 1.82) is 0 Å². The monoisotopic (exact) mass is 663 g/mol. The van der Waals surface area contributed by atoms with Crippen molar-refractivity contribution in [3.8, 4) is 5.75 Å². The molecule has 1 aromatic rings. The number of aliphatic hydroxyl groups is 1. The summed E-state index contributed by atoms with van der Waals surface area (Å²) in [5, 5.41) is 33.9. The van der Waals surface area contributed by atoms with Crippen LogP contribution in [0.25, 0.3) is 0 Å². The quantitative estimate of drug-likeness (QED) is 0.0676. The van der Waals surface area contributed by atoms with Crippen LogP contribution >= 0.6 is 0 Å². The lowest BCUT2D eigenvalue weighted by molar-refractivity contribution is -0.134. The number of hydrogen-bond acceptors (Lipinski definition) is 10. The van der Waals surface area contributed by atoms with E-state index in [-0.39, 0.29) is 43.4 Å². The van der Waals surface area contributed by atoms with Crippen molar-refractivity contribution in [2.24, 2.45) is 17.6 Å². The van der Waals surface area contributed by atoms with E-state index in [0.29, 0.717) is 11.8 Å². The number of benzene rings is 1. The standard InChI is InChI=1S/C31H49N7O9/c1-17(2)10-22(28(44)33-14-27(43)36-25(16-40)31(47)34-19(5)15-39)37-29(45)23(11-18(3)4)38-30(46)24(35-26(42)13-32)12-20-6-8-21(41)9-7-20/h6-9,15,17-19,22-25,40-41H,10-14,16,32H2,1-5H3,(H,33,44)(H,34,47)(H,35,42)(H,36,43)(H,37,45)(H,38,46)/t19-,22-,23-,24-,25-/m0/s1. The smallest absolute Gasteiger partial charge is 0.245 e. The van der Waals surface area contributed by atoms with Gasteiger partial charge in [-0.05, 0) is 49.3 Å². The fourth-order valence-corrected chi connectivity index (χ4v) is 4.37. The predicted molar refractivity (Wildman–Crippen MR) is 171 cm³/mol. The first-order valence-electron chi connectivity index (χ1n) is 15.4. The molecule has 0 aliphatic rings. The summed E-state index contributed by atoms with van der Waals surface area (Å²) >= 11 is 0. The number of aromatic hydroxyl groups is 1. The summed E-state index contributed by atoms with van der Waals surface area (Å²) < 4.78 is 0. The summed E-state index contributed by atoms with van der Waals surface area (Å²) in [7, 11) is 0. The molecule has 16 nitrogen and oxygen atoms in total. The van der Waals surface area contributed by atoms with Crippen molar-refractivity contribution < 1.29 is 43.8 Å². The highest BCUT2D eigenvalue weighted by Crippen LogP contribution is 2.13. The van der Waals surface area contributed by atoms with Crippen molar-refractivity contribution in [2.45, 2.75) is 84.1 Å². The number of carbonyl (C=O) groups is 7. The molecule has 0 aliphatic carbocycles. The van der Waals surface area contributed by atoms with Gasteiger partial charge in [-0.25, -0.2) is 0 Å². The number of hydrogen-bond donors (Lipinski definition) is 9. The van der Waals surface area contributed by atoms with Gasteiger partial charge in [0.05, 0.1) is 25.7 Å². The number of aldehydes is 1. The normalized spacial score (nSPS) is 14.1. The van der Waals surface area contributed by atoms with Crippen LogP contribution in [0.15, 0.2) is 24.3 Å². The summed E-state index contributed by atoms with van der Waals surface area (Å²) in [5.41, 5.74) is 6.07.